The van der Waals surface area contributed by atoms with Gasteiger partial charge in [-0.3, -0.25) is 4.79 Å². The minimum absolute atomic E-state index is 0.0375. The van der Waals surface area contributed by atoms with E-state index in [4.69, 9.17) is 27.9 Å². The Kier molecular flexibility index (Phi) is 7.12. The number of nitrogens with zero attached hydrogens (tertiary/aromatic N) is 2. The summed E-state index contributed by atoms with van der Waals surface area (Å²) >= 11 is 11.8. The molecule has 1 aliphatic heterocycles. The standard InChI is InChI=1S/C23H26Cl2FN3O2/c1-5-29-20-10-19(26)15(8-17(20)14(2)11-23(29,3)4)12-27-28-22(30)13-31-21-7-6-16(24)9-18(21)25/h6-10,12,14H,5,11,13H2,1-4H3,(H,28,30)/b27-12+. The van der Waals surface area contributed by atoms with E-state index >= 15 is 0 Å². The van der Waals surface area contributed by atoms with Crippen LogP contribution in [0, 0.1) is 5.82 Å². The van der Waals surface area contributed by atoms with Crippen molar-refractivity contribution in [2.75, 3.05) is 18.1 Å². The molecule has 0 spiro atoms. The van der Waals surface area contributed by atoms with Gasteiger partial charge in [0.05, 0.1) is 11.2 Å². The van der Waals surface area contributed by atoms with E-state index in [0.717, 1.165) is 24.2 Å². The first-order valence-electron chi connectivity index (χ1n) is 10.1. The molecule has 0 fully saturated rings. The van der Waals surface area contributed by atoms with Gasteiger partial charge in [0, 0.05) is 28.4 Å². The summed E-state index contributed by atoms with van der Waals surface area (Å²) in [7, 11) is 0. The molecule has 0 aliphatic carbocycles. The molecule has 0 aromatic heterocycles. The van der Waals surface area contributed by atoms with Crippen LogP contribution in [-0.4, -0.2) is 30.8 Å². The molecule has 31 heavy (non-hydrogen) atoms. The van der Waals surface area contributed by atoms with Crippen molar-refractivity contribution in [3.05, 3.63) is 57.3 Å². The lowest BCUT2D eigenvalue weighted by Crippen LogP contribution is -2.48. The highest BCUT2D eigenvalue weighted by Gasteiger charge is 2.36. The van der Waals surface area contributed by atoms with Crippen LogP contribution in [0.5, 0.6) is 5.75 Å². The van der Waals surface area contributed by atoms with Gasteiger partial charge in [0.1, 0.15) is 11.6 Å². The summed E-state index contributed by atoms with van der Waals surface area (Å²) in [5.74, 6) is -0.256. The van der Waals surface area contributed by atoms with Crippen molar-refractivity contribution in [3.63, 3.8) is 0 Å². The molecule has 8 heteroatoms. The van der Waals surface area contributed by atoms with E-state index in [1.165, 1.54) is 12.3 Å². The van der Waals surface area contributed by atoms with Crippen LogP contribution in [0.15, 0.2) is 35.4 Å². The topological polar surface area (TPSA) is 53.9 Å². The zero-order valence-electron chi connectivity index (χ0n) is 18.0. The monoisotopic (exact) mass is 465 g/mol. The van der Waals surface area contributed by atoms with Crippen LogP contribution in [-0.2, 0) is 4.79 Å². The van der Waals surface area contributed by atoms with Gasteiger partial charge < -0.3 is 9.64 Å². The number of halogens is 3. The molecule has 0 bridgehead atoms. The fourth-order valence-electron chi connectivity index (χ4n) is 4.16. The molecule has 1 aliphatic rings. The molecule has 166 valence electrons. The molecule has 0 saturated heterocycles. The van der Waals surface area contributed by atoms with E-state index in [1.54, 1.807) is 18.2 Å². The Morgan fingerprint density at radius 2 is 2.10 bits per heavy atom. The van der Waals surface area contributed by atoms with Gasteiger partial charge in [-0.15, -0.1) is 0 Å². The minimum atomic E-state index is -0.493. The van der Waals surface area contributed by atoms with E-state index < -0.39 is 5.91 Å². The fourth-order valence-corrected chi connectivity index (χ4v) is 4.62. The maximum Gasteiger partial charge on any atom is 0.277 e. The Labute approximate surface area is 192 Å². The first kappa shape index (κ1) is 23.4. The summed E-state index contributed by atoms with van der Waals surface area (Å²) in [6.45, 7) is 9.09. The molecule has 1 amide bonds. The minimum Gasteiger partial charge on any atom is -0.482 e. The highest BCUT2D eigenvalue weighted by Crippen LogP contribution is 2.43. The number of carbonyl (C=O) groups is 1. The molecule has 0 saturated carbocycles. The third-order valence-corrected chi connectivity index (χ3v) is 6.00. The van der Waals surface area contributed by atoms with Gasteiger partial charge in [0.15, 0.2) is 6.61 Å². The lowest BCUT2D eigenvalue weighted by atomic mass is 9.79. The predicted octanol–water partition coefficient (Wildman–Crippen LogP) is 5.77. The average molecular weight is 466 g/mol. The van der Waals surface area contributed by atoms with Crippen LogP contribution in [0.2, 0.25) is 10.0 Å². The van der Waals surface area contributed by atoms with Crippen LogP contribution in [0.4, 0.5) is 10.1 Å². The molecule has 1 unspecified atom stereocenters. The highest BCUT2D eigenvalue weighted by atomic mass is 35.5. The molecule has 1 N–H and O–H groups in total. The number of anilines is 1. The number of ether oxygens (including phenoxy) is 1. The van der Waals surface area contributed by atoms with Crippen molar-refractivity contribution in [2.24, 2.45) is 5.10 Å². The Morgan fingerprint density at radius 3 is 2.77 bits per heavy atom. The summed E-state index contributed by atoms with van der Waals surface area (Å²) in [5.41, 5.74) is 4.62. The van der Waals surface area contributed by atoms with Crippen molar-refractivity contribution in [1.29, 1.82) is 0 Å². The van der Waals surface area contributed by atoms with Gasteiger partial charge >= 0.3 is 0 Å². The summed E-state index contributed by atoms with van der Waals surface area (Å²) in [6, 6.07) is 8.08. The van der Waals surface area contributed by atoms with Crippen LogP contribution >= 0.6 is 23.2 Å². The molecule has 1 atom stereocenters. The normalized spacial score (nSPS) is 17.5. The van der Waals surface area contributed by atoms with Crippen LogP contribution < -0.4 is 15.1 Å². The summed E-state index contributed by atoms with van der Waals surface area (Å²) in [6.07, 6.45) is 2.28. The van der Waals surface area contributed by atoms with Crippen LogP contribution in [0.25, 0.3) is 0 Å². The van der Waals surface area contributed by atoms with E-state index in [-0.39, 0.29) is 23.9 Å². The number of nitrogens with one attached hydrogen (secondary N) is 1. The van der Waals surface area contributed by atoms with E-state index in [2.05, 4.69) is 43.1 Å². The quantitative estimate of drug-likeness (QED) is 0.434. The van der Waals surface area contributed by atoms with E-state index in [9.17, 15) is 9.18 Å². The number of benzene rings is 2. The van der Waals surface area contributed by atoms with Crippen molar-refractivity contribution in [2.45, 2.75) is 45.6 Å². The van der Waals surface area contributed by atoms with Gasteiger partial charge in [-0.05, 0) is 69.0 Å². The number of hydrogen-bond donors (Lipinski definition) is 1. The van der Waals surface area contributed by atoms with Gasteiger partial charge in [-0.1, -0.05) is 30.1 Å². The molecule has 1 heterocycles. The number of fused-ring (bicyclic) bond motifs is 1. The zero-order chi connectivity index (χ0) is 22.8. The van der Waals surface area contributed by atoms with Gasteiger partial charge in [-0.2, -0.15) is 5.10 Å². The van der Waals surface area contributed by atoms with Crippen molar-refractivity contribution >= 4 is 41.0 Å². The third-order valence-electron chi connectivity index (χ3n) is 5.47. The Morgan fingerprint density at radius 1 is 1.35 bits per heavy atom. The Balaban J connectivity index is 1.67. The summed E-state index contributed by atoms with van der Waals surface area (Å²) in [5, 5.41) is 4.66. The number of hydrogen-bond acceptors (Lipinski definition) is 4. The zero-order valence-corrected chi connectivity index (χ0v) is 19.5. The lowest BCUT2D eigenvalue weighted by Gasteiger charge is -2.47. The van der Waals surface area contributed by atoms with Gasteiger partial charge in [0.2, 0.25) is 0 Å². The number of amides is 1. The van der Waals surface area contributed by atoms with Gasteiger partial charge in [-0.25, -0.2) is 9.82 Å². The van der Waals surface area contributed by atoms with Crippen molar-refractivity contribution < 1.29 is 13.9 Å². The largest absolute Gasteiger partial charge is 0.482 e. The average Bonchev–Trinajstić information content (AvgIpc) is 2.68. The molecule has 3 rings (SSSR count). The third kappa shape index (κ3) is 5.31. The maximum atomic E-state index is 14.8. The second-order valence-corrected chi connectivity index (χ2v) is 9.09. The molecular weight excluding hydrogens is 440 g/mol. The molecule has 2 aromatic carbocycles. The Hall–Kier alpha value is -2.31. The molecule has 2 aromatic rings. The van der Waals surface area contributed by atoms with Crippen molar-refractivity contribution in [1.82, 2.24) is 5.43 Å². The second-order valence-electron chi connectivity index (χ2n) is 8.25. The van der Waals surface area contributed by atoms with Crippen LogP contribution in [0.1, 0.15) is 51.2 Å². The molecule has 0 radical (unpaired) electrons. The first-order valence-corrected chi connectivity index (χ1v) is 10.9. The van der Waals surface area contributed by atoms with Crippen molar-refractivity contribution in [3.8, 4) is 5.75 Å². The summed E-state index contributed by atoms with van der Waals surface area (Å²) < 4.78 is 20.1. The predicted molar refractivity (Wildman–Crippen MR) is 124 cm³/mol. The molecule has 5 nitrogen and oxygen atoms in total. The smallest absolute Gasteiger partial charge is 0.277 e. The number of rotatable bonds is 6. The highest BCUT2D eigenvalue weighted by molar-refractivity contribution is 6.35. The lowest BCUT2D eigenvalue weighted by molar-refractivity contribution is -0.123. The van der Waals surface area contributed by atoms with E-state index in [1.807, 2.05) is 6.07 Å². The summed E-state index contributed by atoms with van der Waals surface area (Å²) in [4.78, 5) is 14.2. The maximum absolute atomic E-state index is 14.8. The fraction of sp³-hybridized carbons (Fsp3) is 0.391. The Bertz CT molecular complexity index is 1010. The second kappa shape index (κ2) is 9.45. The number of hydrazone groups is 1. The van der Waals surface area contributed by atoms with Crippen LogP contribution in [0.3, 0.4) is 0 Å². The van der Waals surface area contributed by atoms with E-state index in [0.29, 0.717) is 21.4 Å². The SMILES string of the molecule is CCN1c2cc(F)c(/C=N/NC(=O)COc3ccc(Cl)cc3Cl)cc2C(C)CC1(C)C. The molecular formula is C23H26Cl2FN3O2. The number of carbonyl (C=O) groups excluding carboxylic acids is 1. The van der Waals surface area contributed by atoms with Gasteiger partial charge in [0.25, 0.3) is 5.91 Å². The first-order chi connectivity index (χ1) is 14.6.